The van der Waals surface area contributed by atoms with Crippen molar-refractivity contribution in [3.8, 4) is 5.75 Å². The molecule has 1 saturated heterocycles. The van der Waals surface area contributed by atoms with Gasteiger partial charge in [0, 0.05) is 35.3 Å². The summed E-state index contributed by atoms with van der Waals surface area (Å²) in [5.74, 6) is 0.666. The van der Waals surface area contributed by atoms with Gasteiger partial charge in [0.2, 0.25) is 0 Å². The fraction of sp³-hybridized carbons (Fsp3) is 0.400. The molecule has 0 radical (unpaired) electrons. The fourth-order valence-electron chi connectivity index (χ4n) is 6.14. The number of hydrogen-bond acceptors (Lipinski definition) is 5. The average molecular weight is 602 g/mol. The van der Waals surface area contributed by atoms with E-state index in [0.29, 0.717) is 34.3 Å². The van der Waals surface area contributed by atoms with Gasteiger partial charge in [-0.15, -0.1) is 0 Å². The van der Waals surface area contributed by atoms with E-state index in [1.54, 1.807) is 48.5 Å². The molecule has 43 heavy (non-hydrogen) atoms. The molecule has 0 spiro atoms. The number of nitrogens with zero attached hydrogens (tertiary/aromatic N) is 1. The summed E-state index contributed by atoms with van der Waals surface area (Å²) in [7, 11) is 0. The number of anilines is 1. The summed E-state index contributed by atoms with van der Waals surface area (Å²) in [6.07, 6.45) is 8.45. The monoisotopic (exact) mass is 601 g/mol. The molecule has 3 aromatic rings. The average Bonchev–Trinajstić information content (AvgIpc) is 3.02. The van der Waals surface area contributed by atoms with Crippen molar-refractivity contribution in [2.45, 2.75) is 64.2 Å². The van der Waals surface area contributed by atoms with Crippen LogP contribution in [0.1, 0.15) is 88.8 Å². The summed E-state index contributed by atoms with van der Waals surface area (Å²) in [4.78, 5) is 39.4. The standard InChI is InChI=1S/C35H40ClN3O4/c1-24(40)43-33-31-7-3-2-6-25(31)12-17-32(33)26-18-22-39(23-19-26)21-5-4-20-37-34(41)27-10-15-30(16-11-27)38-35(42)28-8-13-29(36)14-9-28/h8-17,26H,2-7,18-23H2,1H3,(H,37,41)(H,38,42). The lowest BCUT2D eigenvalue weighted by Gasteiger charge is -2.33. The minimum Gasteiger partial charge on any atom is -0.426 e. The van der Waals surface area contributed by atoms with Crippen molar-refractivity contribution in [3.63, 3.8) is 0 Å². The molecule has 0 atom stereocenters. The Labute approximate surface area is 258 Å². The van der Waals surface area contributed by atoms with Crippen LogP contribution in [0, 0.1) is 0 Å². The first-order chi connectivity index (χ1) is 20.9. The van der Waals surface area contributed by atoms with E-state index in [-0.39, 0.29) is 17.8 Å². The summed E-state index contributed by atoms with van der Waals surface area (Å²) in [6.45, 7) is 5.17. The number of rotatable bonds is 10. The normalized spacial score (nSPS) is 15.4. The van der Waals surface area contributed by atoms with E-state index in [1.165, 1.54) is 30.0 Å². The Balaban J connectivity index is 1.02. The number of ether oxygens (including phenoxy) is 1. The Morgan fingerprint density at radius 2 is 1.53 bits per heavy atom. The maximum atomic E-state index is 12.6. The minimum atomic E-state index is -0.236. The van der Waals surface area contributed by atoms with Crippen molar-refractivity contribution < 1.29 is 19.1 Å². The molecular weight excluding hydrogens is 562 g/mol. The van der Waals surface area contributed by atoms with Crippen LogP contribution in [0.25, 0.3) is 0 Å². The number of amides is 2. The molecular formula is C35H40ClN3O4. The van der Waals surface area contributed by atoms with Gasteiger partial charge in [0.05, 0.1) is 0 Å². The third-order valence-corrected chi connectivity index (χ3v) is 8.73. The van der Waals surface area contributed by atoms with Gasteiger partial charge in [0.15, 0.2) is 0 Å². The Morgan fingerprint density at radius 3 is 2.26 bits per heavy atom. The molecule has 0 saturated carbocycles. The van der Waals surface area contributed by atoms with Crippen LogP contribution in [-0.2, 0) is 17.6 Å². The number of likely N-dealkylation sites (tertiary alicyclic amines) is 1. The number of aryl methyl sites for hydroxylation is 1. The van der Waals surface area contributed by atoms with Crippen LogP contribution in [0.2, 0.25) is 5.02 Å². The summed E-state index contributed by atoms with van der Waals surface area (Å²) < 4.78 is 5.80. The first-order valence-corrected chi connectivity index (χ1v) is 15.8. The van der Waals surface area contributed by atoms with Crippen molar-refractivity contribution in [1.29, 1.82) is 0 Å². The highest BCUT2D eigenvalue weighted by molar-refractivity contribution is 6.30. The van der Waals surface area contributed by atoms with Crippen molar-refractivity contribution in [2.24, 2.45) is 0 Å². The second-order valence-corrected chi connectivity index (χ2v) is 12.0. The van der Waals surface area contributed by atoms with Gasteiger partial charge in [0.1, 0.15) is 5.75 Å². The molecule has 8 heteroatoms. The van der Waals surface area contributed by atoms with E-state index in [0.717, 1.165) is 70.3 Å². The van der Waals surface area contributed by atoms with Gasteiger partial charge in [-0.1, -0.05) is 23.7 Å². The highest BCUT2D eigenvalue weighted by Crippen LogP contribution is 2.40. The Hall–Kier alpha value is -3.68. The molecule has 1 fully saturated rings. The summed E-state index contributed by atoms with van der Waals surface area (Å²) in [5, 5.41) is 6.41. The number of benzene rings is 3. The van der Waals surface area contributed by atoms with Gasteiger partial charge in [-0.25, -0.2) is 0 Å². The number of fused-ring (bicyclic) bond motifs is 1. The van der Waals surface area contributed by atoms with Crippen LogP contribution in [-0.4, -0.2) is 48.9 Å². The van der Waals surface area contributed by atoms with E-state index in [1.807, 2.05) is 0 Å². The van der Waals surface area contributed by atoms with Crippen molar-refractivity contribution in [2.75, 3.05) is 31.5 Å². The topological polar surface area (TPSA) is 87.7 Å². The number of carbonyl (C=O) groups is 3. The molecule has 0 unspecified atom stereocenters. The zero-order chi connectivity index (χ0) is 30.2. The summed E-state index contributed by atoms with van der Waals surface area (Å²) in [5.41, 5.74) is 5.48. The SMILES string of the molecule is CC(=O)Oc1c(C2CCN(CCCCNC(=O)c3ccc(NC(=O)c4ccc(Cl)cc4)cc3)CC2)ccc2c1CCCC2. The molecule has 5 rings (SSSR count). The van der Waals surface area contributed by atoms with Gasteiger partial charge < -0.3 is 20.3 Å². The Bertz CT molecular complexity index is 1430. The van der Waals surface area contributed by atoms with Crippen LogP contribution in [0.4, 0.5) is 5.69 Å². The smallest absolute Gasteiger partial charge is 0.308 e. The highest BCUT2D eigenvalue weighted by atomic mass is 35.5. The Kier molecular flexibility index (Phi) is 10.5. The summed E-state index contributed by atoms with van der Waals surface area (Å²) in [6, 6.07) is 18.0. The van der Waals surface area contributed by atoms with Gasteiger partial charge >= 0.3 is 5.97 Å². The second kappa shape index (κ2) is 14.7. The lowest BCUT2D eigenvalue weighted by Crippen LogP contribution is -2.34. The second-order valence-electron chi connectivity index (χ2n) is 11.5. The van der Waals surface area contributed by atoms with Crippen molar-refractivity contribution in [1.82, 2.24) is 10.2 Å². The van der Waals surface area contributed by atoms with Gasteiger partial charge in [-0.3, -0.25) is 14.4 Å². The highest BCUT2D eigenvalue weighted by Gasteiger charge is 2.27. The van der Waals surface area contributed by atoms with Crippen LogP contribution in [0.3, 0.4) is 0 Å². The predicted octanol–water partition coefficient (Wildman–Crippen LogP) is 6.79. The lowest BCUT2D eigenvalue weighted by molar-refractivity contribution is -0.132. The molecule has 7 nitrogen and oxygen atoms in total. The predicted molar refractivity (Wildman–Crippen MR) is 170 cm³/mol. The lowest BCUT2D eigenvalue weighted by atomic mass is 9.83. The van der Waals surface area contributed by atoms with Crippen LogP contribution >= 0.6 is 11.6 Å². The first-order valence-electron chi connectivity index (χ1n) is 15.4. The zero-order valence-electron chi connectivity index (χ0n) is 24.8. The van der Waals surface area contributed by atoms with E-state index >= 15 is 0 Å². The quantitative estimate of drug-likeness (QED) is 0.152. The van der Waals surface area contributed by atoms with Crippen LogP contribution < -0.4 is 15.4 Å². The molecule has 2 amide bonds. The van der Waals surface area contributed by atoms with E-state index < -0.39 is 0 Å². The molecule has 0 aromatic heterocycles. The zero-order valence-corrected chi connectivity index (χ0v) is 25.6. The van der Waals surface area contributed by atoms with Gasteiger partial charge in [-0.2, -0.15) is 0 Å². The van der Waals surface area contributed by atoms with Gasteiger partial charge in [-0.05, 0) is 142 Å². The molecule has 1 heterocycles. The number of unbranched alkanes of at least 4 members (excludes halogenated alkanes) is 1. The number of piperidine rings is 1. The summed E-state index contributed by atoms with van der Waals surface area (Å²) >= 11 is 5.89. The number of hydrogen-bond donors (Lipinski definition) is 2. The van der Waals surface area contributed by atoms with Crippen LogP contribution in [0.15, 0.2) is 60.7 Å². The maximum Gasteiger partial charge on any atom is 0.308 e. The molecule has 2 aliphatic rings. The number of esters is 1. The van der Waals surface area contributed by atoms with E-state index in [2.05, 4.69) is 27.7 Å². The van der Waals surface area contributed by atoms with E-state index in [4.69, 9.17) is 16.3 Å². The fourth-order valence-corrected chi connectivity index (χ4v) is 6.27. The van der Waals surface area contributed by atoms with Crippen molar-refractivity contribution in [3.05, 3.63) is 93.5 Å². The maximum absolute atomic E-state index is 12.6. The first kappa shape index (κ1) is 30.8. The van der Waals surface area contributed by atoms with Crippen LogP contribution in [0.5, 0.6) is 5.75 Å². The molecule has 0 bridgehead atoms. The third-order valence-electron chi connectivity index (χ3n) is 8.48. The third kappa shape index (κ3) is 8.24. The minimum absolute atomic E-state index is 0.120. The molecule has 226 valence electrons. The van der Waals surface area contributed by atoms with E-state index in [9.17, 15) is 14.4 Å². The number of halogens is 1. The number of nitrogens with one attached hydrogen (secondary N) is 2. The Morgan fingerprint density at radius 1 is 0.860 bits per heavy atom. The molecule has 1 aliphatic carbocycles. The molecule has 1 aliphatic heterocycles. The largest absolute Gasteiger partial charge is 0.426 e. The molecule has 3 aromatic carbocycles. The van der Waals surface area contributed by atoms with Gasteiger partial charge in [0.25, 0.3) is 11.8 Å². The molecule has 2 N–H and O–H groups in total. The number of carbonyl (C=O) groups excluding carboxylic acids is 3. The van der Waals surface area contributed by atoms with Crippen molar-refractivity contribution >= 4 is 35.1 Å².